The van der Waals surface area contributed by atoms with E-state index in [4.69, 9.17) is 18.9 Å². The number of aromatic hydroxyl groups is 1. The van der Waals surface area contributed by atoms with E-state index in [-0.39, 0.29) is 24.2 Å². The first kappa shape index (κ1) is 26.6. The molecule has 1 aromatic rings. The van der Waals surface area contributed by atoms with Crippen LogP contribution in [0.2, 0.25) is 0 Å². The number of phenols is 1. The van der Waals surface area contributed by atoms with E-state index in [2.05, 4.69) is 0 Å². The quantitative estimate of drug-likeness (QED) is 0.209. The zero-order chi connectivity index (χ0) is 26.0. The van der Waals surface area contributed by atoms with Crippen LogP contribution < -0.4 is 0 Å². The molecule has 3 aliphatic rings. The van der Waals surface area contributed by atoms with Crippen LogP contribution >= 0.6 is 0 Å². The molecule has 0 aromatic heterocycles. The number of carbonyl (C=O) groups excluding carboxylic acids is 1. The van der Waals surface area contributed by atoms with Gasteiger partial charge in [-0.2, -0.15) is 0 Å². The van der Waals surface area contributed by atoms with Crippen molar-refractivity contribution in [3.05, 3.63) is 47.7 Å². The number of fused-ring (bicyclic) bond motifs is 1. The summed E-state index contributed by atoms with van der Waals surface area (Å²) < 4.78 is 22.7. The van der Waals surface area contributed by atoms with Crippen molar-refractivity contribution >= 4 is 12.0 Å². The monoisotopic (exact) mass is 508 g/mol. The van der Waals surface area contributed by atoms with Gasteiger partial charge in [-0.15, -0.1) is 0 Å². The van der Waals surface area contributed by atoms with Gasteiger partial charge < -0.3 is 49.6 Å². The maximum atomic E-state index is 12.6. The number of hydrogen-bond donors (Lipinski definition) is 6. The van der Waals surface area contributed by atoms with Crippen molar-refractivity contribution in [1.82, 2.24) is 0 Å². The Morgan fingerprint density at radius 1 is 1.06 bits per heavy atom. The normalized spacial score (nSPS) is 38.3. The molecule has 0 amide bonds. The van der Waals surface area contributed by atoms with E-state index in [9.17, 15) is 35.4 Å². The minimum atomic E-state index is -1.61. The average molecular weight is 509 g/mol. The first-order valence-corrected chi connectivity index (χ1v) is 11.8. The molecule has 11 nitrogen and oxygen atoms in total. The molecule has 0 unspecified atom stereocenters. The van der Waals surface area contributed by atoms with E-state index in [1.165, 1.54) is 24.5 Å². The van der Waals surface area contributed by atoms with Crippen molar-refractivity contribution in [3.8, 4) is 5.75 Å². The standard InChI is InChI=1S/C25H32O11/c1-12-11-33-24(36-25-23(32)22(31)21(30)17(10-27)35-25)20-14(9-26)8-16(19(12)20)34-18(29)7-4-13-2-5-15(28)6-3-13/h2-7,11,14,16-17,19-28,30-32H,8-10H2,1H3/t14-,16-,17+,19+,20+,21-,22-,23-,24-,25+/m1/s1. The highest BCUT2D eigenvalue weighted by Crippen LogP contribution is 2.48. The van der Waals surface area contributed by atoms with Crippen molar-refractivity contribution in [2.75, 3.05) is 13.2 Å². The molecule has 2 fully saturated rings. The van der Waals surface area contributed by atoms with E-state index < -0.39 is 61.6 Å². The summed E-state index contributed by atoms with van der Waals surface area (Å²) in [6.07, 6.45) is -4.24. The molecular formula is C25H32O11. The van der Waals surface area contributed by atoms with Crippen molar-refractivity contribution in [1.29, 1.82) is 0 Å². The molecule has 0 bridgehead atoms. The SMILES string of the molecule is CC1=CO[C@H](O[C@@H]2O[C@@H](CO)[C@@H](O)[C@@H](O)[C@H]2O)[C@H]2[C@@H](CO)C[C@@H](OC(=O)C=Cc3ccc(O)cc3)[C@H]12. The molecule has 0 spiro atoms. The highest BCUT2D eigenvalue weighted by molar-refractivity contribution is 5.87. The third-order valence-corrected chi connectivity index (χ3v) is 7.05. The van der Waals surface area contributed by atoms with Gasteiger partial charge >= 0.3 is 5.97 Å². The number of carbonyl (C=O) groups is 1. The number of hydrogen-bond acceptors (Lipinski definition) is 11. The lowest BCUT2D eigenvalue weighted by Crippen LogP contribution is -2.60. The Labute approximate surface area is 207 Å². The van der Waals surface area contributed by atoms with Gasteiger partial charge in [-0.3, -0.25) is 0 Å². The van der Waals surface area contributed by atoms with Gasteiger partial charge in [0.05, 0.1) is 12.9 Å². The summed E-state index contributed by atoms with van der Waals surface area (Å²) in [6.45, 7) is 0.981. The summed E-state index contributed by atoms with van der Waals surface area (Å²) >= 11 is 0. The fourth-order valence-corrected chi connectivity index (χ4v) is 5.17. The minimum Gasteiger partial charge on any atom is -0.508 e. The fraction of sp³-hybridized carbons (Fsp3) is 0.560. The number of aliphatic hydroxyl groups excluding tert-OH is 5. The first-order chi connectivity index (χ1) is 17.2. The van der Waals surface area contributed by atoms with Crippen LogP contribution in [-0.2, 0) is 23.7 Å². The molecule has 2 aliphatic heterocycles. The van der Waals surface area contributed by atoms with Crippen LogP contribution in [-0.4, -0.2) is 92.9 Å². The molecule has 1 saturated carbocycles. The zero-order valence-corrected chi connectivity index (χ0v) is 19.7. The zero-order valence-electron chi connectivity index (χ0n) is 19.7. The van der Waals surface area contributed by atoms with Gasteiger partial charge in [-0.1, -0.05) is 12.1 Å². The fourth-order valence-electron chi connectivity index (χ4n) is 5.17. The number of aliphatic hydroxyl groups is 5. The van der Waals surface area contributed by atoms with Crippen LogP contribution in [0.25, 0.3) is 6.08 Å². The molecule has 11 heteroatoms. The van der Waals surface area contributed by atoms with Gasteiger partial charge in [0.1, 0.15) is 36.3 Å². The maximum Gasteiger partial charge on any atom is 0.331 e. The number of benzene rings is 1. The van der Waals surface area contributed by atoms with Crippen molar-refractivity contribution in [2.45, 2.75) is 56.4 Å². The van der Waals surface area contributed by atoms with Gasteiger partial charge in [0.2, 0.25) is 6.29 Å². The average Bonchev–Trinajstić information content (AvgIpc) is 3.24. The Hall–Kier alpha value is -2.51. The number of ether oxygens (including phenoxy) is 4. The molecule has 198 valence electrons. The predicted molar refractivity (Wildman–Crippen MR) is 123 cm³/mol. The van der Waals surface area contributed by atoms with Crippen molar-refractivity contribution in [3.63, 3.8) is 0 Å². The van der Waals surface area contributed by atoms with Gasteiger partial charge in [0.15, 0.2) is 6.29 Å². The second-order valence-electron chi connectivity index (χ2n) is 9.38. The maximum absolute atomic E-state index is 12.6. The Bertz CT molecular complexity index is 959. The molecule has 2 heterocycles. The highest BCUT2D eigenvalue weighted by atomic mass is 16.8. The second-order valence-corrected chi connectivity index (χ2v) is 9.38. The Morgan fingerprint density at radius 3 is 2.44 bits per heavy atom. The lowest BCUT2D eigenvalue weighted by Gasteiger charge is -2.43. The summed E-state index contributed by atoms with van der Waals surface area (Å²) in [7, 11) is 0. The van der Waals surface area contributed by atoms with Crippen molar-refractivity contribution in [2.24, 2.45) is 17.8 Å². The molecule has 6 N–H and O–H groups in total. The Morgan fingerprint density at radius 2 is 1.78 bits per heavy atom. The van der Waals surface area contributed by atoms with E-state index in [1.807, 2.05) is 6.92 Å². The summed E-state index contributed by atoms with van der Waals surface area (Å²) in [5, 5.41) is 59.3. The topological polar surface area (TPSA) is 175 Å². The van der Waals surface area contributed by atoms with E-state index in [0.29, 0.717) is 12.0 Å². The molecule has 1 saturated heterocycles. The van der Waals surface area contributed by atoms with Crippen LogP contribution in [0.3, 0.4) is 0 Å². The Kier molecular flexibility index (Phi) is 8.30. The second kappa shape index (κ2) is 11.3. The summed E-state index contributed by atoms with van der Waals surface area (Å²) in [5.74, 6) is -1.64. The van der Waals surface area contributed by atoms with Gasteiger partial charge in [0.25, 0.3) is 0 Å². The molecule has 1 aliphatic carbocycles. The molecule has 1 aromatic carbocycles. The first-order valence-electron chi connectivity index (χ1n) is 11.8. The van der Waals surface area contributed by atoms with Crippen molar-refractivity contribution < 1.29 is 54.4 Å². The Balaban J connectivity index is 1.47. The van der Waals surface area contributed by atoms with Crippen LogP contribution in [0.15, 0.2) is 42.2 Å². The molecule has 36 heavy (non-hydrogen) atoms. The number of phenolic OH excluding ortho intramolecular Hbond substituents is 1. The number of esters is 1. The third-order valence-electron chi connectivity index (χ3n) is 7.05. The van der Waals surface area contributed by atoms with Crippen LogP contribution in [0.1, 0.15) is 18.9 Å². The van der Waals surface area contributed by atoms with Crippen LogP contribution in [0.4, 0.5) is 0 Å². The van der Waals surface area contributed by atoms with E-state index in [1.54, 1.807) is 18.2 Å². The van der Waals surface area contributed by atoms with E-state index in [0.717, 1.165) is 5.57 Å². The highest BCUT2D eigenvalue weighted by Gasteiger charge is 2.54. The van der Waals surface area contributed by atoms with Crippen LogP contribution in [0, 0.1) is 17.8 Å². The molecular weight excluding hydrogens is 476 g/mol. The minimum absolute atomic E-state index is 0.115. The van der Waals surface area contributed by atoms with Crippen LogP contribution in [0.5, 0.6) is 5.75 Å². The summed E-state index contributed by atoms with van der Waals surface area (Å²) in [5.41, 5.74) is 1.49. The lowest BCUT2D eigenvalue weighted by atomic mass is 9.83. The molecule has 0 radical (unpaired) electrons. The predicted octanol–water partition coefficient (Wildman–Crippen LogP) is -0.362. The van der Waals surface area contributed by atoms with E-state index >= 15 is 0 Å². The lowest BCUT2D eigenvalue weighted by molar-refractivity contribution is -0.343. The third kappa shape index (κ3) is 5.42. The van der Waals surface area contributed by atoms with Gasteiger partial charge in [0, 0.05) is 24.5 Å². The number of rotatable bonds is 7. The van der Waals surface area contributed by atoms with Gasteiger partial charge in [-0.25, -0.2) is 4.79 Å². The summed E-state index contributed by atoms with van der Waals surface area (Å²) in [6, 6.07) is 6.31. The van der Waals surface area contributed by atoms with Gasteiger partial charge in [-0.05, 0) is 48.6 Å². The molecule has 4 rings (SSSR count). The summed E-state index contributed by atoms with van der Waals surface area (Å²) in [4.78, 5) is 12.6. The molecule has 10 atom stereocenters. The smallest absolute Gasteiger partial charge is 0.331 e. The largest absolute Gasteiger partial charge is 0.508 e.